The van der Waals surface area contributed by atoms with Crippen LogP contribution in [0.1, 0.15) is 25.0 Å². The molecule has 0 saturated heterocycles. The summed E-state index contributed by atoms with van der Waals surface area (Å²) < 4.78 is 2.60. The highest BCUT2D eigenvalue weighted by molar-refractivity contribution is 7.25. The minimum atomic E-state index is -0.116. The fourth-order valence-electron chi connectivity index (χ4n) is 9.11. The van der Waals surface area contributed by atoms with E-state index in [1.165, 1.54) is 64.0 Å². The summed E-state index contributed by atoms with van der Waals surface area (Å²) in [4.78, 5) is 4.87. The molecule has 0 bridgehead atoms. The molecule has 0 unspecified atom stereocenters. The summed E-state index contributed by atoms with van der Waals surface area (Å²) in [6, 6.07) is 71.5. The molecule has 9 aromatic carbocycles. The molecular weight excluding hydrogens is 697 g/mol. The lowest BCUT2D eigenvalue weighted by molar-refractivity contribution is 0.660. The van der Waals surface area contributed by atoms with Gasteiger partial charge < -0.3 is 9.80 Å². The van der Waals surface area contributed by atoms with Gasteiger partial charge in [0.25, 0.3) is 0 Å². The van der Waals surface area contributed by atoms with Crippen LogP contribution in [0, 0.1) is 0 Å². The van der Waals surface area contributed by atoms with E-state index < -0.39 is 0 Å². The van der Waals surface area contributed by atoms with Crippen LogP contribution in [0.15, 0.2) is 194 Å². The highest BCUT2D eigenvalue weighted by Gasteiger charge is 2.36. The van der Waals surface area contributed by atoms with Crippen LogP contribution in [0.2, 0.25) is 0 Å². The lowest BCUT2D eigenvalue weighted by Gasteiger charge is -2.30. The SMILES string of the molecule is CC1(C)c2ccccc2-c2ccc(N(c3ccccc3)c3cc4ccccc4c4ccc(N(c5ccccc5)c5ccc6c(c5)sc5ccccc56)cc34)cc21. The fraction of sp³-hybridized carbons (Fsp3) is 0.0566. The first-order chi connectivity index (χ1) is 27.5. The second kappa shape index (κ2) is 12.7. The van der Waals surface area contributed by atoms with Gasteiger partial charge in [0.05, 0.1) is 5.69 Å². The summed E-state index contributed by atoms with van der Waals surface area (Å²) in [7, 11) is 0. The number of hydrogen-bond acceptors (Lipinski definition) is 3. The van der Waals surface area contributed by atoms with E-state index in [2.05, 4.69) is 218 Å². The number of anilines is 6. The summed E-state index contributed by atoms with van der Waals surface area (Å²) in [5.74, 6) is 0. The topological polar surface area (TPSA) is 6.48 Å². The van der Waals surface area contributed by atoms with Crippen molar-refractivity contribution in [3.63, 3.8) is 0 Å². The molecule has 0 fully saturated rings. The van der Waals surface area contributed by atoms with Gasteiger partial charge in [0.15, 0.2) is 0 Å². The molecule has 1 heterocycles. The summed E-state index contributed by atoms with van der Waals surface area (Å²) in [6.07, 6.45) is 0. The lowest BCUT2D eigenvalue weighted by atomic mass is 9.82. The maximum Gasteiger partial charge on any atom is 0.0547 e. The van der Waals surface area contributed by atoms with Gasteiger partial charge >= 0.3 is 0 Å². The first-order valence-corrected chi connectivity index (χ1v) is 20.2. The molecular formula is C53H38N2S. The summed E-state index contributed by atoms with van der Waals surface area (Å²) in [5, 5.41) is 7.49. The maximum atomic E-state index is 2.47. The van der Waals surface area contributed by atoms with Crippen molar-refractivity contribution in [2.45, 2.75) is 19.3 Å². The second-order valence-electron chi connectivity index (χ2n) is 15.4. The van der Waals surface area contributed by atoms with Crippen LogP contribution in [0.5, 0.6) is 0 Å². The van der Waals surface area contributed by atoms with Gasteiger partial charge in [-0.3, -0.25) is 0 Å². The van der Waals surface area contributed by atoms with E-state index >= 15 is 0 Å². The van der Waals surface area contributed by atoms with Crippen molar-refractivity contribution in [1.29, 1.82) is 0 Å². The molecule has 0 saturated carbocycles. The average Bonchev–Trinajstić information content (AvgIpc) is 3.73. The summed E-state index contributed by atoms with van der Waals surface area (Å²) >= 11 is 1.86. The minimum Gasteiger partial charge on any atom is -0.310 e. The van der Waals surface area contributed by atoms with Crippen molar-refractivity contribution in [3.05, 3.63) is 205 Å². The predicted molar refractivity (Wildman–Crippen MR) is 241 cm³/mol. The summed E-state index contributed by atoms with van der Waals surface area (Å²) in [6.45, 7) is 4.72. The normalized spacial score (nSPS) is 13.0. The molecule has 56 heavy (non-hydrogen) atoms. The third-order valence-corrected chi connectivity index (χ3v) is 12.9. The Kier molecular flexibility index (Phi) is 7.42. The van der Waals surface area contributed by atoms with Crippen molar-refractivity contribution in [3.8, 4) is 11.1 Å². The highest BCUT2D eigenvalue weighted by Crippen LogP contribution is 2.52. The molecule has 0 N–H and O–H groups in total. The van der Waals surface area contributed by atoms with Crippen molar-refractivity contribution in [2.75, 3.05) is 9.80 Å². The van der Waals surface area contributed by atoms with Gasteiger partial charge in [-0.1, -0.05) is 135 Å². The fourth-order valence-corrected chi connectivity index (χ4v) is 10.2. The number of rotatable bonds is 6. The molecule has 0 spiro atoms. The minimum absolute atomic E-state index is 0.116. The highest BCUT2D eigenvalue weighted by atomic mass is 32.1. The van der Waals surface area contributed by atoms with E-state index in [9.17, 15) is 0 Å². The number of nitrogens with zero attached hydrogens (tertiary/aromatic N) is 2. The molecule has 266 valence electrons. The van der Waals surface area contributed by atoms with Crippen LogP contribution in [-0.4, -0.2) is 0 Å². The van der Waals surface area contributed by atoms with Crippen LogP contribution >= 0.6 is 11.3 Å². The molecule has 1 aromatic heterocycles. The van der Waals surface area contributed by atoms with E-state index in [0.29, 0.717) is 0 Å². The zero-order valence-electron chi connectivity index (χ0n) is 31.3. The van der Waals surface area contributed by atoms with E-state index in [1.54, 1.807) is 0 Å². The van der Waals surface area contributed by atoms with E-state index in [1.807, 2.05) is 11.3 Å². The second-order valence-corrected chi connectivity index (χ2v) is 16.5. The monoisotopic (exact) mass is 734 g/mol. The zero-order valence-corrected chi connectivity index (χ0v) is 32.1. The molecule has 1 aliphatic carbocycles. The van der Waals surface area contributed by atoms with Gasteiger partial charge in [-0.15, -0.1) is 11.3 Å². The van der Waals surface area contributed by atoms with Crippen LogP contribution in [0.25, 0.3) is 52.8 Å². The standard InChI is InChI=1S/C53H38N2S/c1-53(2)48-23-13-11-21-43(48)44-29-26-39(33-49(44)53)55(37-18-7-4-8-19-37)50-31-35-15-9-10-20-41(35)42-28-25-38(32-47(42)50)54(36-16-5-3-6-17-36)40-27-30-46-45-22-12-14-24-51(45)56-52(46)34-40/h3-34H,1-2H3. The first-order valence-electron chi connectivity index (χ1n) is 19.3. The van der Waals surface area contributed by atoms with Gasteiger partial charge in [0.1, 0.15) is 0 Å². The largest absolute Gasteiger partial charge is 0.310 e. The Bertz CT molecular complexity index is 3120. The Hall–Kier alpha value is -6.68. The lowest BCUT2D eigenvalue weighted by Crippen LogP contribution is -2.16. The number of thiophene rings is 1. The third-order valence-electron chi connectivity index (χ3n) is 11.8. The third kappa shape index (κ3) is 5.08. The Morgan fingerprint density at radius 3 is 1.73 bits per heavy atom. The van der Waals surface area contributed by atoms with Crippen LogP contribution in [0.4, 0.5) is 34.1 Å². The smallest absolute Gasteiger partial charge is 0.0547 e. The molecule has 0 radical (unpaired) electrons. The zero-order chi connectivity index (χ0) is 37.4. The number of para-hydroxylation sites is 2. The van der Waals surface area contributed by atoms with Gasteiger partial charge in [-0.25, -0.2) is 0 Å². The van der Waals surface area contributed by atoms with Gasteiger partial charge in [-0.2, -0.15) is 0 Å². The van der Waals surface area contributed by atoms with Gasteiger partial charge in [0, 0.05) is 59.4 Å². The Morgan fingerprint density at radius 1 is 0.357 bits per heavy atom. The number of hydrogen-bond donors (Lipinski definition) is 0. The van der Waals surface area contributed by atoms with Crippen molar-refractivity contribution < 1.29 is 0 Å². The Morgan fingerprint density at radius 2 is 0.929 bits per heavy atom. The van der Waals surface area contributed by atoms with Crippen LogP contribution in [-0.2, 0) is 5.41 Å². The Labute approximate surface area is 331 Å². The van der Waals surface area contributed by atoms with Crippen LogP contribution in [0.3, 0.4) is 0 Å². The molecule has 10 aromatic rings. The first kappa shape index (κ1) is 32.7. The van der Waals surface area contributed by atoms with E-state index in [0.717, 1.165) is 34.1 Å². The number of benzene rings is 9. The number of fused-ring (bicyclic) bond motifs is 9. The molecule has 11 rings (SSSR count). The Balaban J connectivity index is 1.16. The average molecular weight is 735 g/mol. The molecule has 0 atom stereocenters. The predicted octanol–water partition coefficient (Wildman–Crippen LogP) is 15.6. The quantitative estimate of drug-likeness (QED) is 0.157. The van der Waals surface area contributed by atoms with Crippen molar-refractivity contribution >= 4 is 87.2 Å². The van der Waals surface area contributed by atoms with Crippen molar-refractivity contribution in [2.24, 2.45) is 0 Å². The molecule has 3 heteroatoms. The molecule has 0 amide bonds. The van der Waals surface area contributed by atoms with Crippen LogP contribution < -0.4 is 9.80 Å². The summed E-state index contributed by atoms with van der Waals surface area (Å²) in [5.41, 5.74) is 12.1. The van der Waals surface area contributed by atoms with E-state index in [-0.39, 0.29) is 5.41 Å². The molecule has 0 aliphatic heterocycles. The molecule has 1 aliphatic rings. The van der Waals surface area contributed by atoms with E-state index in [4.69, 9.17) is 0 Å². The van der Waals surface area contributed by atoms with Gasteiger partial charge in [0.2, 0.25) is 0 Å². The van der Waals surface area contributed by atoms with Crippen molar-refractivity contribution in [1.82, 2.24) is 0 Å². The maximum absolute atomic E-state index is 2.47. The van der Waals surface area contributed by atoms with Gasteiger partial charge in [-0.05, 0) is 111 Å². The molecule has 2 nitrogen and oxygen atoms in total.